The van der Waals surface area contributed by atoms with Crippen molar-refractivity contribution in [2.45, 2.75) is 22.5 Å². The Morgan fingerprint density at radius 3 is 2.51 bits per heavy atom. The molecule has 1 aliphatic heterocycles. The van der Waals surface area contributed by atoms with E-state index in [-0.39, 0.29) is 21.6 Å². The molecule has 37 heavy (non-hydrogen) atoms. The summed E-state index contributed by atoms with van der Waals surface area (Å²) in [5.41, 5.74) is 1.97. The third-order valence-corrected chi connectivity index (χ3v) is 8.40. The van der Waals surface area contributed by atoms with Gasteiger partial charge in [0, 0.05) is 19.7 Å². The molecule has 3 aromatic rings. The van der Waals surface area contributed by atoms with Crippen molar-refractivity contribution in [1.82, 2.24) is 34.9 Å². The third kappa shape index (κ3) is 4.87. The van der Waals surface area contributed by atoms with Crippen LogP contribution in [-0.4, -0.2) is 70.3 Å². The lowest BCUT2D eigenvalue weighted by atomic mass is 9.92. The zero-order chi connectivity index (χ0) is 27.0. The van der Waals surface area contributed by atoms with Crippen molar-refractivity contribution < 1.29 is 22.8 Å². The first-order chi connectivity index (χ1) is 17.4. The number of nitrogens with zero attached hydrogens (tertiary/aromatic N) is 5. The summed E-state index contributed by atoms with van der Waals surface area (Å²) in [7, 11) is -0.819. The molecule has 1 fully saturated rings. The van der Waals surface area contributed by atoms with Crippen molar-refractivity contribution in [2.75, 3.05) is 25.7 Å². The summed E-state index contributed by atoms with van der Waals surface area (Å²) in [6.45, 7) is 1.56. The lowest BCUT2D eigenvalue weighted by Crippen LogP contribution is -2.48. The van der Waals surface area contributed by atoms with Crippen molar-refractivity contribution in [3.05, 3.63) is 60.2 Å². The number of hydrazine groups is 1. The number of thioether (sulfide) groups is 1. The molecular weight excluding hydrogens is 520 g/mol. The number of sulfonamides is 1. The summed E-state index contributed by atoms with van der Waals surface area (Å²) >= 11 is 0.924. The van der Waals surface area contributed by atoms with Crippen LogP contribution in [0.25, 0.3) is 11.4 Å². The Morgan fingerprint density at radius 2 is 1.84 bits per heavy atom. The molecular formula is C22H24N8O5S2. The zero-order valence-corrected chi connectivity index (χ0v) is 21.7. The van der Waals surface area contributed by atoms with Crippen molar-refractivity contribution in [1.29, 1.82) is 0 Å². The molecule has 1 aromatic heterocycles. The van der Waals surface area contributed by atoms with E-state index in [9.17, 15) is 22.8 Å². The Balaban J connectivity index is 1.43. The number of hydrogen-bond acceptors (Lipinski definition) is 9. The minimum Gasteiger partial charge on any atom is -0.335 e. The largest absolute Gasteiger partial charge is 0.344 e. The van der Waals surface area contributed by atoms with Crippen LogP contribution < -0.4 is 16.6 Å². The van der Waals surface area contributed by atoms with Crippen LogP contribution in [0.15, 0.2) is 64.6 Å². The van der Waals surface area contributed by atoms with Crippen molar-refractivity contribution in [2.24, 2.45) is 0 Å². The molecule has 4 N–H and O–H groups in total. The minimum atomic E-state index is -3.67. The van der Waals surface area contributed by atoms with Crippen molar-refractivity contribution >= 4 is 39.6 Å². The van der Waals surface area contributed by atoms with Crippen LogP contribution in [0, 0.1) is 0 Å². The van der Waals surface area contributed by atoms with Crippen molar-refractivity contribution in [3.63, 3.8) is 0 Å². The number of carbonyl (C=O) groups is 3. The Hall–Kier alpha value is -3.95. The number of benzene rings is 2. The molecule has 13 nitrogen and oxygen atoms in total. The molecule has 194 valence electrons. The summed E-state index contributed by atoms with van der Waals surface area (Å²) in [6, 6.07) is 14.0. The number of amides is 4. The molecule has 0 spiro atoms. The van der Waals surface area contributed by atoms with Gasteiger partial charge in [-0.05, 0) is 24.6 Å². The summed E-state index contributed by atoms with van der Waals surface area (Å²) in [6.07, 6.45) is 0. The Labute approximate surface area is 217 Å². The predicted octanol–water partition coefficient (Wildman–Crippen LogP) is 0.500. The van der Waals surface area contributed by atoms with Gasteiger partial charge in [0.05, 0.1) is 10.6 Å². The van der Waals surface area contributed by atoms with E-state index in [1.165, 1.54) is 26.2 Å². The normalized spacial score (nSPS) is 17.8. The van der Waals surface area contributed by atoms with Gasteiger partial charge in [-0.1, -0.05) is 54.2 Å². The molecule has 0 radical (unpaired) electrons. The average Bonchev–Trinajstić information content (AvgIpc) is 3.35. The summed E-state index contributed by atoms with van der Waals surface area (Å²) in [5, 5.41) is 11.4. The van der Waals surface area contributed by atoms with Crippen LogP contribution in [0.3, 0.4) is 0 Å². The van der Waals surface area contributed by atoms with Gasteiger partial charge in [-0.25, -0.2) is 22.2 Å². The smallest absolute Gasteiger partial charge is 0.335 e. The molecule has 0 unspecified atom stereocenters. The maximum Gasteiger partial charge on any atom is 0.344 e. The van der Waals surface area contributed by atoms with Crippen molar-refractivity contribution in [3.8, 4) is 11.4 Å². The van der Waals surface area contributed by atoms with Gasteiger partial charge in [0.15, 0.2) is 5.82 Å². The predicted molar refractivity (Wildman–Crippen MR) is 135 cm³/mol. The molecule has 4 amide bonds. The fourth-order valence-electron chi connectivity index (χ4n) is 3.57. The maximum absolute atomic E-state index is 12.9. The highest BCUT2D eigenvalue weighted by Crippen LogP contribution is 2.28. The first kappa shape index (κ1) is 26.1. The Kier molecular flexibility index (Phi) is 6.94. The van der Waals surface area contributed by atoms with Crippen LogP contribution >= 0.6 is 11.8 Å². The molecule has 0 bridgehead atoms. The highest BCUT2D eigenvalue weighted by Gasteiger charge is 2.49. The Morgan fingerprint density at radius 1 is 1.14 bits per heavy atom. The molecule has 1 atom stereocenters. The lowest BCUT2D eigenvalue weighted by Gasteiger charge is -2.22. The van der Waals surface area contributed by atoms with Crippen LogP contribution in [0.4, 0.5) is 4.79 Å². The van der Waals surface area contributed by atoms with Crippen LogP contribution in [0.5, 0.6) is 0 Å². The van der Waals surface area contributed by atoms with Gasteiger partial charge in [0.25, 0.3) is 5.91 Å². The first-order valence-electron chi connectivity index (χ1n) is 10.8. The zero-order valence-electron chi connectivity index (χ0n) is 20.1. The quantitative estimate of drug-likeness (QED) is 0.207. The van der Waals surface area contributed by atoms with Crippen LogP contribution in [0.1, 0.15) is 12.5 Å². The number of nitrogens with one attached hydrogen (secondary N) is 2. The second-order valence-electron chi connectivity index (χ2n) is 8.38. The summed E-state index contributed by atoms with van der Waals surface area (Å²) < 4.78 is 27.1. The fraction of sp³-hybridized carbons (Fsp3) is 0.227. The number of nitrogens with two attached hydrogens (primary N) is 1. The van der Waals surface area contributed by atoms with E-state index in [2.05, 4.69) is 20.9 Å². The van der Waals surface area contributed by atoms with E-state index < -0.39 is 33.4 Å². The molecule has 1 saturated heterocycles. The number of hydrogen-bond donors (Lipinski definition) is 3. The Bertz CT molecular complexity index is 1480. The first-order valence-corrected chi connectivity index (χ1v) is 13.3. The van der Waals surface area contributed by atoms with E-state index in [0.717, 1.165) is 20.7 Å². The molecule has 2 aromatic carbocycles. The third-order valence-electron chi connectivity index (χ3n) is 5.65. The minimum absolute atomic E-state index is 0.0580. The lowest BCUT2D eigenvalue weighted by molar-refractivity contribution is -0.138. The summed E-state index contributed by atoms with van der Waals surface area (Å²) in [5.74, 6) is 4.78. The van der Waals surface area contributed by atoms with E-state index in [1.807, 2.05) is 0 Å². The van der Waals surface area contributed by atoms with E-state index in [1.54, 1.807) is 49.4 Å². The second kappa shape index (κ2) is 9.84. The number of urea groups is 1. The van der Waals surface area contributed by atoms with Gasteiger partial charge in [0.2, 0.25) is 21.1 Å². The second-order valence-corrected chi connectivity index (χ2v) is 11.5. The number of nitrogen functional groups attached to an aromatic ring is 1. The molecule has 2 heterocycles. The van der Waals surface area contributed by atoms with Gasteiger partial charge in [0.1, 0.15) is 5.54 Å². The molecule has 15 heteroatoms. The van der Waals surface area contributed by atoms with Gasteiger partial charge in [-0.15, -0.1) is 10.2 Å². The van der Waals surface area contributed by atoms with Gasteiger partial charge in [-0.3, -0.25) is 15.0 Å². The summed E-state index contributed by atoms with van der Waals surface area (Å²) in [4.78, 5) is 37.9. The standard InChI is InChI=1S/C22H24N8O5S2/c1-22(15-9-5-4-6-10-15)19(32)30(20(33)24-22)27-17(31)13-36-21-26-25-18(29(21)23)14-8-7-11-16(12-14)37(34,35)28(2)3/h4-12H,13,23H2,1-3H3,(H,24,33)(H,27,31)/t22-/m1/s1. The monoisotopic (exact) mass is 544 g/mol. The number of imide groups is 1. The average molecular weight is 545 g/mol. The fourth-order valence-corrected chi connectivity index (χ4v) is 5.17. The highest BCUT2D eigenvalue weighted by atomic mass is 32.2. The molecule has 0 saturated carbocycles. The van der Waals surface area contributed by atoms with Gasteiger partial charge in [-0.2, -0.15) is 5.01 Å². The number of aromatic nitrogens is 3. The van der Waals surface area contributed by atoms with E-state index in [4.69, 9.17) is 5.84 Å². The highest BCUT2D eigenvalue weighted by molar-refractivity contribution is 7.99. The van der Waals surface area contributed by atoms with Gasteiger partial charge >= 0.3 is 6.03 Å². The molecule has 0 aliphatic carbocycles. The van der Waals surface area contributed by atoms with E-state index >= 15 is 0 Å². The topological polar surface area (TPSA) is 173 Å². The maximum atomic E-state index is 12.9. The number of carbonyl (C=O) groups excluding carboxylic acids is 3. The van der Waals surface area contributed by atoms with E-state index in [0.29, 0.717) is 16.1 Å². The van der Waals surface area contributed by atoms with Gasteiger partial charge < -0.3 is 11.2 Å². The SMILES string of the molecule is CN(C)S(=O)(=O)c1cccc(-c2nnc(SCC(=O)NN3C(=O)N[C@](C)(c4ccccc4)C3=O)n2N)c1. The van der Waals surface area contributed by atoms with Crippen LogP contribution in [-0.2, 0) is 25.2 Å². The van der Waals surface area contributed by atoms with Crippen LogP contribution in [0.2, 0.25) is 0 Å². The number of rotatable bonds is 8. The molecule has 4 rings (SSSR count). The molecule has 1 aliphatic rings.